The zero-order valence-electron chi connectivity index (χ0n) is 9.67. The smallest absolute Gasteiger partial charge is 0.303 e. The molecule has 0 saturated carbocycles. The van der Waals surface area contributed by atoms with Crippen LogP contribution in [0.1, 0.15) is 12.8 Å². The van der Waals surface area contributed by atoms with Crippen LogP contribution in [-0.4, -0.2) is 27.6 Å². The Labute approximate surface area is 109 Å². The maximum atomic E-state index is 10.3. The molecule has 2 aromatic heterocycles. The van der Waals surface area contributed by atoms with E-state index in [1.807, 2.05) is 17.5 Å². The molecule has 6 heteroatoms. The lowest BCUT2D eigenvalue weighted by Crippen LogP contribution is -2.07. The first-order chi connectivity index (χ1) is 8.75. The monoisotopic (exact) mass is 263 g/mol. The number of aromatic nitrogens is 2. The van der Waals surface area contributed by atoms with Crippen LogP contribution in [0.2, 0.25) is 0 Å². The summed E-state index contributed by atoms with van der Waals surface area (Å²) in [6.45, 7) is 0.560. The second-order valence-corrected chi connectivity index (χ2v) is 4.64. The molecule has 0 saturated heterocycles. The van der Waals surface area contributed by atoms with Crippen molar-refractivity contribution in [2.24, 2.45) is 0 Å². The van der Waals surface area contributed by atoms with Crippen molar-refractivity contribution < 1.29 is 9.90 Å². The third-order valence-electron chi connectivity index (χ3n) is 2.31. The van der Waals surface area contributed by atoms with Crippen LogP contribution in [0.15, 0.2) is 29.9 Å². The molecule has 5 nitrogen and oxygen atoms in total. The van der Waals surface area contributed by atoms with Gasteiger partial charge in [0.1, 0.15) is 0 Å². The zero-order chi connectivity index (χ0) is 12.8. The third-order valence-corrected chi connectivity index (χ3v) is 3.23. The average Bonchev–Trinajstić information content (AvgIpc) is 2.89. The summed E-state index contributed by atoms with van der Waals surface area (Å²) in [7, 11) is 0. The number of hydrogen-bond donors (Lipinski definition) is 2. The largest absolute Gasteiger partial charge is 0.481 e. The molecule has 18 heavy (non-hydrogen) atoms. The predicted molar refractivity (Wildman–Crippen MR) is 70.7 cm³/mol. The predicted octanol–water partition coefficient (Wildman–Crippen LogP) is 2.48. The first-order valence-corrected chi connectivity index (χ1v) is 6.45. The summed E-state index contributed by atoms with van der Waals surface area (Å²) < 4.78 is 0. The molecule has 2 rings (SSSR count). The van der Waals surface area contributed by atoms with Crippen molar-refractivity contribution in [3.8, 4) is 10.4 Å². The number of hydrogen-bond acceptors (Lipinski definition) is 5. The molecule has 0 fully saturated rings. The second-order valence-electron chi connectivity index (χ2n) is 3.70. The van der Waals surface area contributed by atoms with Crippen molar-refractivity contribution in [3.05, 3.63) is 29.9 Å². The molecule has 0 aliphatic rings. The summed E-state index contributed by atoms with van der Waals surface area (Å²) in [5.41, 5.74) is 0.987. The van der Waals surface area contributed by atoms with Gasteiger partial charge in [-0.1, -0.05) is 6.07 Å². The fourth-order valence-electron chi connectivity index (χ4n) is 1.43. The second kappa shape index (κ2) is 6.11. The van der Waals surface area contributed by atoms with E-state index in [-0.39, 0.29) is 6.42 Å². The fourth-order valence-corrected chi connectivity index (χ4v) is 2.13. The van der Waals surface area contributed by atoms with E-state index in [2.05, 4.69) is 15.3 Å². The molecule has 2 aromatic rings. The van der Waals surface area contributed by atoms with Gasteiger partial charge in [0.15, 0.2) is 0 Å². The van der Waals surface area contributed by atoms with Gasteiger partial charge in [-0.05, 0) is 17.9 Å². The maximum absolute atomic E-state index is 10.3. The van der Waals surface area contributed by atoms with E-state index >= 15 is 0 Å². The van der Waals surface area contributed by atoms with Crippen LogP contribution in [0.25, 0.3) is 10.4 Å². The molecule has 2 N–H and O–H groups in total. The molecule has 0 amide bonds. The number of carboxylic acids is 1. The standard InChI is InChI=1S/C12H13N3O2S/c16-11(17)4-1-5-13-12-14-7-9(8-15-12)10-3-2-6-18-10/h2-3,6-8H,1,4-5H2,(H,16,17)(H,13,14,15). The topological polar surface area (TPSA) is 75.1 Å². The van der Waals surface area contributed by atoms with Crippen LogP contribution >= 0.6 is 11.3 Å². The van der Waals surface area contributed by atoms with Gasteiger partial charge < -0.3 is 10.4 Å². The fraction of sp³-hybridized carbons (Fsp3) is 0.250. The van der Waals surface area contributed by atoms with Crippen LogP contribution in [0.3, 0.4) is 0 Å². The van der Waals surface area contributed by atoms with Gasteiger partial charge >= 0.3 is 5.97 Å². The zero-order valence-corrected chi connectivity index (χ0v) is 10.5. The molecule has 0 bridgehead atoms. The third kappa shape index (κ3) is 3.53. The molecule has 0 aliphatic heterocycles. The number of carboxylic acid groups (broad SMARTS) is 1. The quantitative estimate of drug-likeness (QED) is 0.783. The van der Waals surface area contributed by atoms with E-state index in [0.29, 0.717) is 18.9 Å². The van der Waals surface area contributed by atoms with Gasteiger partial charge in [0.25, 0.3) is 0 Å². The number of anilines is 1. The summed E-state index contributed by atoms with van der Waals surface area (Å²) in [6, 6.07) is 4.00. The van der Waals surface area contributed by atoms with Crippen molar-refractivity contribution in [3.63, 3.8) is 0 Å². The maximum Gasteiger partial charge on any atom is 0.303 e. The molecular formula is C12H13N3O2S. The van der Waals surface area contributed by atoms with E-state index in [4.69, 9.17) is 5.11 Å². The van der Waals surface area contributed by atoms with Crippen LogP contribution in [0, 0.1) is 0 Å². The van der Waals surface area contributed by atoms with Crippen LogP contribution < -0.4 is 5.32 Å². The minimum absolute atomic E-state index is 0.153. The van der Waals surface area contributed by atoms with Gasteiger partial charge in [-0.15, -0.1) is 11.3 Å². The SMILES string of the molecule is O=C(O)CCCNc1ncc(-c2cccs2)cn1. The normalized spacial score (nSPS) is 10.2. The highest BCUT2D eigenvalue weighted by Gasteiger charge is 2.01. The summed E-state index contributed by atoms with van der Waals surface area (Å²) in [6.07, 6.45) is 4.24. The highest BCUT2D eigenvalue weighted by atomic mass is 32.1. The van der Waals surface area contributed by atoms with E-state index in [9.17, 15) is 4.79 Å². The molecule has 94 valence electrons. The van der Waals surface area contributed by atoms with Crippen molar-refractivity contribution in [1.29, 1.82) is 0 Å². The number of nitrogens with zero attached hydrogens (tertiary/aromatic N) is 2. The van der Waals surface area contributed by atoms with E-state index in [1.54, 1.807) is 23.7 Å². The van der Waals surface area contributed by atoms with Gasteiger partial charge in [-0.25, -0.2) is 9.97 Å². The Morgan fingerprint density at radius 3 is 2.78 bits per heavy atom. The first-order valence-electron chi connectivity index (χ1n) is 5.57. The number of carbonyl (C=O) groups is 1. The Morgan fingerprint density at radius 1 is 1.39 bits per heavy atom. The van der Waals surface area contributed by atoms with Gasteiger partial charge in [0, 0.05) is 35.8 Å². The van der Waals surface area contributed by atoms with Crippen LogP contribution in [0.4, 0.5) is 5.95 Å². The summed E-state index contributed by atoms with van der Waals surface area (Å²) in [4.78, 5) is 19.8. The van der Waals surface area contributed by atoms with Crippen LogP contribution in [-0.2, 0) is 4.79 Å². The van der Waals surface area contributed by atoms with Crippen molar-refractivity contribution >= 4 is 23.3 Å². The van der Waals surface area contributed by atoms with E-state index in [1.165, 1.54) is 0 Å². The highest BCUT2D eigenvalue weighted by Crippen LogP contribution is 2.23. The summed E-state index contributed by atoms with van der Waals surface area (Å²) >= 11 is 1.64. The number of thiophene rings is 1. The average molecular weight is 263 g/mol. The number of nitrogens with one attached hydrogen (secondary N) is 1. The Bertz CT molecular complexity index is 497. The molecule has 0 aliphatic carbocycles. The van der Waals surface area contributed by atoms with E-state index in [0.717, 1.165) is 10.4 Å². The molecule has 2 heterocycles. The van der Waals surface area contributed by atoms with Gasteiger partial charge in [-0.3, -0.25) is 4.79 Å². The van der Waals surface area contributed by atoms with Crippen molar-refractivity contribution in [2.75, 3.05) is 11.9 Å². The minimum Gasteiger partial charge on any atom is -0.481 e. The Morgan fingerprint density at radius 2 is 2.17 bits per heavy atom. The number of aliphatic carboxylic acids is 1. The van der Waals surface area contributed by atoms with E-state index < -0.39 is 5.97 Å². The molecular weight excluding hydrogens is 250 g/mol. The van der Waals surface area contributed by atoms with Gasteiger partial charge in [0.2, 0.25) is 5.95 Å². The number of rotatable bonds is 6. The van der Waals surface area contributed by atoms with Crippen molar-refractivity contribution in [1.82, 2.24) is 9.97 Å². The molecule has 0 spiro atoms. The highest BCUT2D eigenvalue weighted by molar-refractivity contribution is 7.13. The lowest BCUT2D eigenvalue weighted by Gasteiger charge is -2.03. The Kier molecular flexibility index (Phi) is 4.25. The molecule has 0 atom stereocenters. The molecule has 0 unspecified atom stereocenters. The molecule has 0 radical (unpaired) electrons. The first kappa shape index (κ1) is 12.5. The Balaban J connectivity index is 1.86. The van der Waals surface area contributed by atoms with Crippen LogP contribution in [0.5, 0.6) is 0 Å². The summed E-state index contributed by atoms with van der Waals surface area (Å²) in [5.74, 6) is -0.258. The van der Waals surface area contributed by atoms with Gasteiger partial charge in [0.05, 0.1) is 0 Å². The lowest BCUT2D eigenvalue weighted by atomic mass is 10.3. The molecule has 0 aromatic carbocycles. The Hall–Kier alpha value is -1.95. The minimum atomic E-state index is -0.786. The lowest BCUT2D eigenvalue weighted by molar-refractivity contribution is -0.137. The van der Waals surface area contributed by atoms with Gasteiger partial charge in [-0.2, -0.15) is 0 Å². The summed E-state index contributed by atoms with van der Waals surface area (Å²) in [5, 5.41) is 13.5. The van der Waals surface area contributed by atoms with Crippen molar-refractivity contribution in [2.45, 2.75) is 12.8 Å².